The van der Waals surface area contributed by atoms with Crippen LogP contribution in [0.15, 0.2) is 21.5 Å². The number of rotatable bonds is 5. The maximum absolute atomic E-state index is 11.5. The van der Waals surface area contributed by atoms with Crippen LogP contribution in [0.1, 0.15) is 13.8 Å². The van der Waals surface area contributed by atoms with E-state index in [-0.39, 0.29) is 23.1 Å². The minimum absolute atomic E-state index is 0.174. The number of nitrogens with zero attached hydrogens (tertiary/aromatic N) is 5. The van der Waals surface area contributed by atoms with Crippen molar-refractivity contribution < 1.29 is 0 Å². The molecule has 2 aromatic heterocycles. The fourth-order valence-electron chi connectivity index (χ4n) is 1.47. The fourth-order valence-corrected chi connectivity index (χ4v) is 1.64. The van der Waals surface area contributed by atoms with Crippen LogP contribution >= 0.6 is 11.6 Å². The molecule has 2 rings (SSSR count). The van der Waals surface area contributed by atoms with Crippen molar-refractivity contribution in [2.24, 2.45) is 10.3 Å². The van der Waals surface area contributed by atoms with Crippen molar-refractivity contribution in [1.29, 1.82) is 0 Å². The van der Waals surface area contributed by atoms with Gasteiger partial charge in [-0.2, -0.15) is 4.98 Å². The van der Waals surface area contributed by atoms with Crippen LogP contribution in [-0.2, 0) is 0 Å². The van der Waals surface area contributed by atoms with E-state index in [1.165, 1.54) is 6.33 Å². The number of fused-ring (bicyclic) bond motifs is 1. The number of hydrogen-bond donors (Lipinski definition) is 2. The van der Waals surface area contributed by atoms with Crippen LogP contribution in [0.5, 0.6) is 0 Å². The highest BCUT2D eigenvalue weighted by Crippen LogP contribution is 2.12. The molecule has 0 atom stereocenters. The molecular formula is C10H14ClN7O. The quantitative estimate of drug-likeness (QED) is 0.494. The Hall–Kier alpha value is -1.96. The summed E-state index contributed by atoms with van der Waals surface area (Å²) in [4.78, 5) is 24.7. The molecule has 19 heavy (non-hydrogen) atoms. The first-order chi connectivity index (χ1) is 9.11. The molecule has 0 saturated heterocycles. The Morgan fingerprint density at radius 2 is 2.32 bits per heavy atom. The zero-order valence-corrected chi connectivity index (χ0v) is 11.3. The highest BCUT2D eigenvalue weighted by molar-refractivity contribution is 6.18. The summed E-state index contributed by atoms with van der Waals surface area (Å²) in [5.41, 5.74) is 0.302. The van der Waals surface area contributed by atoms with Gasteiger partial charge in [-0.25, -0.2) is 4.98 Å². The number of H-pyrrole nitrogens is 2. The number of aromatic amines is 2. The lowest BCUT2D eigenvalue weighted by molar-refractivity contribution is 0.230. The maximum atomic E-state index is 11.5. The van der Waals surface area contributed by atoms with Gasteiger partial charge >= 0.3 is 0 Å². The smallest absolute Gasteiger partial charge is 0.276 e. The average molecular weight is 284 g/mol. The van der Waals surface area contributed by atoms with Gasteiger partial charge in [0.25, 0.3) is 11.5 Å². The summed E-state index contributed by atoms with van der Waals surface area (Å²) in [7, 11) is 0. The molecule has 0 spiro atoms. The van der Waals surface area contributed by atoms with E-state index in [4.69, 9.17) is 11.6 Å². The lowest BCUT2D eigenvalue weighted by Crippen LogP contribution is -2.26. The highest BCUT2D eigenvalue weighted by Gasteiger charge is 2.08. The van der Waals surface area contributed by atoms with Gasteiger partial charge in [-0.15, -0.1) is 11.6 Å². The molecule has 0 bridgehead atoms. The van der Waals surface area contributed by atoms with Crippen LogP contribution in [-0.4, -0.2) is 43.4 Å². The fraction of sp³-hybridized carbons (Fsp3) is 0.500. The molecule has 0 aromatic carbocycles. The molecule has 0 radical (unpaired) electrons. The van der Waals surface area contributed by atoms with Gasteiger partial charge in [-0.05, 0) is 13.8 Å². The Morgan fingerprint density at radius 3 is 2.95 bits per heavy atom. The van der Waals surface area contributed by atoms with Crippen molar-refractivity contribution >= 4 is 28.7 Å². The lowest BCUT2D eigenvalue weighted by Gasteiger charge is -2.19. The number of imidazole rings is 1. The second kappa shape index (κ2) is 5.79. The van der Waals surface area contributed by atoms with E-state index in [2.05, 4.69) is 30.3 Å². The molecule has 0 saturated carbocycles. The number of aromatic nitrogens is 4. The molecule has 2 heterocycles. The Kier molecular flexibility index (Phi) is 4.10. The predicted molar refractivity (Wildman–Crippen MR) is 71.6 cm³/mol. The molecule has 2 aromatic rings. The summed E-state index contributed by atoms with van der Waals surface area (Å²) in [6.07, 6.45) is 1.29. The van der Waals surface area contributed by atoms with Gasteiger partial charge in [-0.1, -0.05) is 10.3 Å². The summed E-state index contributed by atoms with van der Waals surface area (Å²) in [6, 6.07) is 0.174. The molecule has 0 fully saturated rings. The molecule has 0 unspecified atom stereocenters. The third-order valence-electron chi connectivity index (χ3n) is 2.45. The second-order valence-electron chi connectivity index (χ2n) is 4.13. The van der Waals surface area contributed by atoms with Crippen molar-refractivity contribution in [3.63, 3.8) is 0 Å². The normalized spacial score (nSPS) is 11.8. The van der Waals surface area contributed by atoms with Crippen LogP contribution in [0.25, 0.3) is 11.2 Å². The molecule has 102 valence electrons. The zero-order chi connectivity index (χ0) is 13.8. The van der Waals surface area contributed by atoms with Gasteiger partial charge < -0.3 is 9.97 Å². The van der Waals surface area contributed by atoms with Crippen LogP contribution < -0.4 is 5.56 Å². The number of alkyl halides is 1. The van der Waals surface area contributed by atoms with Crippen LogP contribution in [0.4, 0.5) is 5.95 Å². The van der Waals surface area contributed by atoms with Crippen LogP contribution in [0.2, 0.25) is 0 Å². The van der Waals surface area contributed by atoms with Crippen molar-refractivity contribution in [3.05, 3.63) is 16.7 Å². The molecule has 0 aliphatic rings. The van der Waals surface area contributed by atoms with Crippen molar-refractivity contribution in [1.82, 2.24) is 24.9 Å². The van der Waals surface area contributed by atoms with Crippen LogP contribution in [0.3, 0.4) is 0 Å². The monoisotopic (exact) mass is 283 g/mol. The lowest BCUT2D eigenvalue weighted by atomic mass is 10.4. The van der Waals surface area contributed by atoms with E-state index in [0.29, 0.717) is 18.1 Å². The van der Waals surface area contributed by atoms with Crippen molar-refractivity contribution in [2.75, 3.05) is 12.4 Å². The largest absolute Gasteiger partial charge is 0.315 e. The number of hydrogen-bond acceptors (Lipinski definition) is 5. The van der Waals surface area contributed by atoms with Crippen LogP contribution in [0, 0.1) is 0 Å². The first-order valence-corrected chi connectivity index (χ1v) is 6.33. The van der Waals surface area contributed by atoms with Gasteiger partial charge in [0.2, 0.25) is 0 Å². The van der Waals surface area contributed by atoms with Crippen molar-refractivity contribution in [2.45, 2.75) is 19.9 Å². The minimum atomic E-state index is -0.291. The number of nitrogens with one attached hydrogen (secondary N) is 2. The maximum Gasteiger partial charge on any atom is 0.276 e. The third kappa shape index (κ3) is 3.08. The zero-order valence-electron chi connectivity index (χ0n) is 10.6. The standard InChI is InChI=1S/C10H14ClN7O/c1-6(2)18(4-3-11)17-16-10-14-7-8(15-10)12-5-13-9(7)19/h5-6H,3-4H2,1-2H3,(H2,12,13,14,15,19). The predicted octanol–water partition coefficient (Wildman–Crippen LogP) is 1.59. The molecule has 9 heteroatoms. The van der Waals surface area contributed by atoms with E-state index in [9.17, 15) is 4.79 Å². The van der Waals surface area contributed by atoms with Gasteiger partial charge in [0.15, 0.2) is 11.2 Å². The van der Waals surface area contributed by atoms with Gasteiger partial charge in [0, 0.05) is 11.9 Å². The van der Waals surface area contributed by atoms with Gasteiger partial charge in [0.05, 0.1) is 12.9 Å². The molecule has 0 amide bonds. The summed E-state index contributed by atoms with van der Waals surface area (Å²) in [5.74, 6) is 0.692. The Labute approximate surface area is 113 Å². The first kappa shape index (κ1) is 13.5. The van der Waals surface area contributed by atoms with E-state index in [1.54, 1.807) is 5.01 Å². The third-order valence-corrected chi connectivity index (χ3v) is 2.61. The van der Waals surface area contributed by atoms with E-state index in [0.717, 1.165) is 0 Å². The summed E-state index contributed by atoms with van der Waals surface area (Å²) >= 11 is 5.68. The summed E-state index contributed by atoms with van der Waals surface area (Å²) in [5, 5.41) is 9.74. The molecule has 0 aliphatic heterocycles. The second-order valence-corrected chi connectivity index (χ2v) is 4.50. The Balaban J connectivity index is 2.25. The SMILES string of the molecule is CC(C)N(CCCl)N=Nc1nc2nc[nH]c(=O)c2[nH]1. The van der Waals surface area contributed by atoms with Gasteiger partial charge in [-0.3, -0.25) is 9.80 Å². The summed E-state index contributed by atoms with van der Waals surface area (Å²) in [6.45, 7) is 4.55. The van der Waals surface area contributed by atoms with Gasteiger partial charge in [0.1, 0.15) is 0 Å². The Bertz CT molecular complexity index is 632. The van der Waals surface area contributed by atoms with E-state index in [1.807, 2.05) is 13.8 Å². The first-order valence-electron chi connectivity index (χ1n) is 5.79. The number of halogens is 1. The average Bonchev–Trinajstić information content (AvgIpc) is 2.78. The topological polar surface area (TPSA) is 102 Å². The minimum Gasteiger partial charge on any atom is -0.315 e. The Morgan fingerprint density at radius 1 is 1.53 bits per heavy atom. The molecule has 2 N–H and O–H groups in total. The highest BCUT2D eigenvalue weighted by atomic mass is 35.5. The van der Waals surface area contributed by atoms with E-state index >= 15 is 0 Å². The summed E-state index contributed by atoms with van der Waals surface area (Å²) < 4.78 is 0. The van der Waals surface area contributed by atoms with E-state index < -0.39 is 0 Å². The molecule has 0 aliphatic carbocycles. The molecular weight excluding hydrogens is 270 g/mol. The van der Waals surface area contributed by atoms with Crippen molar-refractivity contribution in [3.8, 4) is 0 Å². The molecule has 8 nitrogen and oxygen atoms in total.